The monoisotopic (exact) mass is 295 g/mol. The standard InChI is InChI=1S/C15H9NO.C6H4/c1-2-12-7-6-8-13(11-16)15(12)17-14-9-4-3-5-10-14;1-2-5-4-6(5)3-1/h1,3-10H;1-4H. The second kappa shape index (κ2) is 6.52. The Hall–Kier alpha value is -3.49. The summed E-state index contributed by atoms with van der Waals surface area (Å²) in [5.74, 6) is 3.61. The number of hydrogen-bond donors (Lipinski definition) is 0. The number of hydrogen-bond acceptors (Lipinski definition) is 2. The Labute approximate surface area is 135 Å². The molecule has 2 aliphatic rings. The van der Waals surface area contributed by atoms with E-state index in [9.17, 15) is 0 Å². The summed E-state index contributed by atoms with van der Waals surface area (Å²) in [6.07, 6.45) is 5.39. The zero-order valence-corrected chi connectivity index (χ0v) is 12.4. The number of para-hydroxylation sites is 2. The fourth-order valence-electron chi connectivity index (χ4n) is 2.13. The highest BCUT2D eigenvalue weighted by atomic mass is 16.5. The van der Waals surface area contributed by atoms with E-state index in [4.69, 9.17) is 16.4 Å². The summed E-state index contributed by atoms with van der Waals surface area (Å²) in [4.78, 5) is 0. The van der Waals surface area contributed by atoms with Crippen LogP contribution in [0.2, 0.25) is 0 Å². The van der Waals surface area contributed by atoms with Gasteiger partial charge in [-0.15, -0.1) is 6.42 Å². The molecular formula is C21H13NO. The maximum Gasteiger partial charge on any atom is 0.160 e. The van der Waals surface area contributed by atoms with Crippen molar-refractivity contribution in [3.8, 4) is 41.0 Å². The van der Waals surface area contributed by atoms with Gasteiger partial charge in [0.1, 0.15) is 11.8 Å². The van der Waals surface area contributed by atoms with Crippen LogP contribution in [-0.4, -0.2) is 0 Å². The van der Waals surface area contributed by atoms with Crippen LogP contribution in [0.15, 0.2) is 72.8 Å². The summed E-state index contributed by atoms with van der Waals surface area (Å²) in [6, 6.07) is 25.0. The Bertz CT molecular complexity index is 865. The Balaban J connectivity index is 0.000000213. The van der Waals surface area contributed by atoms with Gasteiger partial charge in [0, 0.05) is 0 Å². The van der Waals surface area contributed by atoms with E-state index in [0.29, 0.717) is 22.6 Å². The number of nitrogens with zero attached hydrogens (tertiary/aromatic N) is 1. The lowest BCUT2D eigenvalue weighted by molar-refractivity contribution is 0.479. The number of fused-ring (bicyclic) bond motifs is 1. The molecule has 4 rings (SSSR count). The molecule has 0 aromatic heterocycles. The summed E-state index contributed by atoms with van der Waals surface area (Å²) in [6.45, 7) is 0. The van der Waals surface area contributed by atoms with Crippen molar-refractivity contribution >= 4 is 0 Å². The smallest absolute Gasteiger partial charge is 0.160 e. The first-order valence-corrected chi connectivity index (χ1v) is 7.15. The van der Waals surface area contributed by atoms with Crippen LogP contribution in [0.3, 0.4) is 0 Å². The van der Waals surface area contributed by atoms with E-state index in [2.05, 4.69) is 36.3 Å². The second-order valence-electron chi connectivity index (χ2n) is 4.93. The van der Waals surface area contributed by atoms with Crippen LogP contribution >= 0.6 is 0 Å². The third-order valence-corrected chi connectivity index (χ3v) is 3.37. The average Bonchev–Trinajstić information content (AvgIpc) is 3.21. The summed E-state index contributed by atoms with van der Waals surface area (Å²) < 4.78 is 5.66. The van der Waals surface area contributed by atoms with Crippen molar-refractivity contribution < 1.29 is 4.74 Å². The minimum absolute atomic E-state index is 0.434. The van der Waals surface area contributed by atoms with E-state index in [1.807, 2.05) is 30.3 Å². The fourth-order valence-corrected chi connectivity index (χ4v) is 2.13. The molecule has 108 valence electrons. The molecule has 0 amide bonds. The summed E-state index contributed by atoms with van der Waals surface area (Å²) in [7, 11) is 0. The molecule has 2 aromatic rings. The van der Waals surface area contributed by atoms with Gasteiger partial charge in [0.2, 0.25) is 0 Å². The van der Waals surface area contributed by atoms with Gasteiger partial charge in [-0.3, -0.25) is 0 Å². The highest BCUT2D eigenvalue weighted by Crippen LogP contribution is 2.32. The van der Waals surface area contributed by atoms with Crippen molar-refractivity contribution in [3.05, 3.63) is 83.9 Å². The normalized spacial score (nSPS) is 9.65. The first-order chi connectivity index (χ1) is 11.3. The van der Waals surface area contributed by atoms with E-state index < -0.39 is 0 Å². The fraction of sp³-hybridized carbons (Fsp3) is 0. The molecule has 2 nitrogen and oxygen atoms in total. The number of nitriles is 1. The van der Waals surface area contributed by atoms with Gasteiger partial charge in [0.25, 0.3) is 0 Å². The van der Waals surface area contributed by atoms with Crippen molar-refractivity contribution in [2.45, 2.75) is 0 Å². The van der Waals surface area contributed by atoms with Gasteiger partial charge in [-0.25, -0.2) is 0 Å². The molecule has 0 radical (unpaired) electrons. The molecule has 0 atom stereocenters. The lowest BCUT2D eigenvalue weighted by Gasteiger charge is -2.09. The van der Waals surface area contributed by atoms with Gasteiger partial charge in [-0.1, -0.05) is 48.4 Å². The number of benzene rings is 3. The summed E-state index contributed by atoms with van der Waals surface area (Å²) in [5, 5.41) is 9.02. The first kappa shape index (κ1) is 14.4. The Morgan fingerprint density at radius 1 is 0.783 bits per heavy atom. The largest absolute Gasteiger partial charge is 0.455 e. The molecule has 0 saturated heterocycles. The summed E-state index contributed by atoms with van der Waals surface area (Å²) in [5.41, 5.74) is 3.86. The molecule has 0 bridgehead atoms. The van der Waals surface area contributed by atoms with Gasteiger partial charge in [-0.2, -0.15) is 5.26 Å². The third kappa shape index (κ3) is 3.40. The molecule has 0 aliphatic heterocycles. The van der Waals surface area contributed by atoms with Crippen molar-refractivity contribution in [1.29, 1.82) is 5.26 Å². The van der Waals surface area contributed by atoms with Gasteiger partial charge in [0.15, 0.2) is 5.75 Å². The van der Waals surface area contributed by atoms with Crippen LogP contribution in [-0.2, 0) is 0 Å². The Morgan fingerprint density at radius 2 is 1.43 bits per heavy atom. The lowest BCUT2D eigenvalue weighted by atomic mass is 10.1. The summed E-state index contributed by atoms with van der Waals surface area (Å²) >= 11 is 0. The van der Waals surface area contributed by atoms with Crippen molar-refractivity contribution in [3.63, 3.8) is 0 Å². The van der Waals surface area contributed by atoms with Gasteiger partial charge in [0.05, 0.1) is 11.1 Å². The maximum absolute atomic E-state index is 9.02. The molecule has 0 heterocycles. The number of ether oxygens (including phenoxy) is 1. The van der Waals surface area contributed by atoms with Crippen LogP contribution in [0.4, 0.5) is 0 Å². The molecule has 0 spiro atoms. The lowest BCUT2D eigenvalue weighted by Crippen LogP contribution is -1.91. The average molecular weight is 295 g/mol. The molecule has 0 unspecified atom stereocenters. The molecule has 0 saturated carbocycles. The minimum atomic E-state index is 0.434. The SMILES string of the molecule is C#Cc1cccc(C#N)c1Oc1ccccc1.c1cc2cc-2c1. The maximum atomic E-state index is 9.02. The highest BCUT2D eigenvalue weighted by Gasteiger charge is 2.09. The Kier molecular flexibility index (Phi) is 4.09. The van der Waals surface area contributed by atoms with Crippen molar-refractivity contribution in [2.75, 3.05) is 0 Å². The van der Waals surface area contributed by atoms with E-state index >= 15 is 0 Å². The molecule has 2 aliphatic carbocycles. The Morgan fingerprint density at radius 3 is 1.96 bits per heavy atom. The van der Waals surface area contributed by atoms with E-state index in [-0.39, 0.29) is 0 Å². The molecule has 23 heavy (non-hydrogen) atoms. The van der Waals surface area contributed by atoms with Gasteiger partial charge >= 0.3 is 0 Å². The van der Waals surface area contributed by atoms with Gasteiger partial charge in [-0.05, 0) is 41.5 Å². The molecular weight excluding hydrogens is 282 g/mol. The number of terminal acetylenes is 1. The topological polar surface area (TPSA) is 33.0 Å². The van der Waals surface area contributed by atoms with E-state index in [1.54, 1.807) is 18.2 Å². The van der Waals surface area contributed by atoms with E-state index in [0.717, 1.165) is 0 Å². The molecule has 2 heteroatoms. The minimum Gasteiger partial charge on any atom is -0.455 e. The second-order valence-corrected chi connectivity index (χ2v) is 4.93. The van der Waals surface area contributed by atoms with Crippen molar-refractivity contribution in [1.82, 2.24) is 0 Å². The van der Waals surface area contributed by atoms with E-state index in [1.165, 1.54) is 11.1 Å². The van der Waals surface area contributed by atoms with Crippen LogP contribution in [0.25, 0.3) is 11.1 Å². The van der Waals surface area contributed by atoms with Gasteiger partial charge < -0.3 is 4.74 Å². The van der Waals surface area contributed by atoms with Crippen LogP contribution < -0.4 is 4.74 Å². The predicted molar refractivity (Wildman–Crippen MR) is 91.0 cm³/mol. The van der Waals surface area contributed by atoms with Crippen LogP contribution in [0.1, 0.15) is 11.1 Å². The zero-order chi connectivity index (χ0) is 16.1. The quantitative estimate of drug-likeness (QED) is 0.488. The highest BCUT2D eigenvalue weighted by molar-refractivity contribution is 5.80. The third-order valence-electron chi connectivity index (χ3n) is 3.37. The van der Waals surface area contributed by atoms with Crippen molar-refractivity contribution in [2.24, 2.45) is 0 Å². The van der Waals surface area contributed by atoms with Crippen LogP contribution in [0.5, 0.6) is 11.5 Å². The van der Waals surface area contributed by atoms with Crippen LogP contribution in [0, 0.1) is 23.7 Å². The number of rotatable bonds is 2. The molecule has 2 aromatic carbocycles. The predicted octanol–water partition coefficient (Wildman–Crippen LogP) is 5.00. The molecule has 0 N–H and O–H groups in total. The molecule has 0 fully saturated rings. The first-order valence-electron chi connectivity index (χ1n) is 7.15. The zero-order valence-electron chi connectivity index (χ0n) is 12.4.